The van der Waals surface area contributed by atoms with Crippen molar-refractivity contribution in [2.75, 3.05) is 4.90 Å². The van der Waals surface area contributed by atoms with Gasteiger partial charge in [-0.2, -0.15) is 0 Å². The molecule has 1 heterocycles. The van der Waals surface area contributed by atoms with Gasteiger partial charge in [0.25, 0.3) is 0 Å². The van der Waals surface area contributed by atoms with Crippen molar-refractivity contribution in [1.82, 2.24) is 0 Å². The lowest BCUT2D eigenvalue weighted by Crippen LogP contribution is -2.30. The van der Waals surface area contributed by atoms with E-state index in [0.29, 0.717) is 0 Å². The summed E-state index contributed by atoms with van der Waals surface area (Å²) >= 11 is 0. The van der Waals surface area contributed by atoms with Crippen molar-refractivity contribution in [3.63, 3.8) is 0 Å². The van der Waals surface area contributed by atoms with Gasteiger partial charge in [-0.05, 0) is 23.6 Å². The number of anilines is 1. The molecule has 118 valence electrons. The molecule has 0 saturated heterocycles. The number of carbonyl (C=O) groups excluding carboxylic acids is 1. The molecule has 4 nitrogen and oxygen atoms in total. The number of carboxylic acids is 1. The summed E-state index contributed by atoms with van der Waals surface area (Å²) in [5.74, 6) is -1.71. The summed E-state index contributed by atoms with van der Waals surface area (Å²) < 4.78 is 0. The number of hydrogen-bond acceptors (Lipinski definition) is 2. The predicted molar refractivity (Wildman–Crippen MR) is 88.4 cm³/mol. The molecule has 2 aromatic carbocycles. The van der Waals surface area contributed by atoms with Gasteiger partial charge in [-0.1, -0.05) is 55.5 Å². The number of aryl methyl sites for hydroxylation is 1. The van der Waals surface area contributed by atoms with E-state index < -0.39 is 11.9 Å². The first-order valence-corrected chi connectivity index (χ1v) is 7.67. The molecule has 0 fully saturated rings. The molecule has 1 N–H and O–H groups in total. The quantitative estimate of drug-likeness (QED) is 0.879. The largest absolute Gasteiger partial charge is 0.481 e. The van der Waals surface area contributed by atoms with Gasteiger partial charge in [0.1, 0.15) is 0 Å². The molecule has 0 bridgehead atoms. The van der Waals surface area contributed by atoms with Crippen LogP contribution in [0, 0.1) is 12.8 Å². The molecule has 0 radical (unpaired) electrons. The summed E-state index contributed by atoms with van der Waals surface area (Å²) in [6.07, 6.45) is 0.818. The van der Waals surface area contributed by atoms with Crippen molar-refractivity contribution >= 4 is 18.1 Å². The second kappa shape index (κ2) is 5.88. The highest BCUT2D eigenvalue weighted by molar-refractivity contribution is 5.86. The number of aliphatic carboxylic acids is 1. The Morgan fingerprint density at radius 3 is 2.48 bits per heavy atom. The minimum atomic E-state index is -0.851. The van der Waals surface area contributed by atoms with Gasteiger partial charge in [0.05, 0.1) is 17.6 Å². The molecule has 0 aliphatic carbocycles. The Kier molecular flexibility index (Phi) is 3.90. The monoisotopic (exact) mass is 309 g/mol. The van der Waals surface area contributed by atoms with Crippen molar-refractivity contribution < 1.29 is 14.7 Å². The average molecular weight is 309 g/mol. The molecule has 1 amide bonds. The molecule has 4 heteroatoms. The molecular formula is C19H19NO3. The van der Waals surface area contributed by atoms with Crippen LogP contribution in [0.2, 0.25) is 0 Å². The summed E-state index contributed by atoms with van der Waals surface area (Å²) in [5, 5.41) is 9.55. The lowest BCUT2D eigenvalue weighted by Gasteiger charge is -2.28. The van der Waals surface area contributed by atoms with Crippen LogP contribution in [0.3, 0.4) is 0 Å². The maximum Gasteiger partial charge on any atom is 0.306 e. The summed E-state index contributed by atoms with van der Waals surface area (Å²) in [5.41, 5.74) is 3.71. The molecule has 1 aliphatic heterocycles. The molecule has 2 aromatic rings. The van der Waals surface area contributed by atoms with Gasteiger partial charge in [0, 0.05) is 5.92 Å². The number of rotatable bonds is 4. The molecule has 0 aromatic heterocycles. The third-order valence-corrected chi connectivity index (χ3v) is 4.71. The summed E-state index contributed by atoms with van der Waals surface area (Å²) in [6, 6.07) is 15.2. The lowest BCUT2D eigenvalue weighted by atomic mass is 9.81. The molecule has 23 heavy (non-hydrogen) atoms. The molecule has 3 atom stereocenters. The van der Waals surface area contributed by atoms with Gasteiger partial charge in [-0.25, -0.2) is 0 Å². The highest BCUT2D eigenvalue weighted by Crippen LogP contribution is 2.52. The standard InChI is InChI=1S/C19H19NO3/c1-12-7-6-10-15-16(13(2)19(22)23)18(20(11-21)17(12)15)14-8-4-3-5-9-14/h3-11,13,16,18H,1-2H3,(H,22,23). The smallest absolute Gasteiger partial charge is 0.306 e. The van der Waals surface area contributed by atoms with E-state index in [0.717, 1.165) is 28.8 Å². The van der Waals surface area contributed by atoms with E-state index in [1.165, 1.54) is 0 Å². The highest BCUT2D eigenvalue weighted by Gasteiger charge is 2.44. The summed E-state index contributed by atoms with van der Waals surface area (Å²) in [4.78, 5) is 25.2. The molecular weight excluding hydrogens is 290 g/mol. The molecule has 3 rings (SSSR count). The van der Waals surface area contributed by atoms with E-state index in [9.17, 15) is 14.7 Å². The zero-order valence-electron chi connectivity index (χ0n) is 13.1. The van der Waals surface area contributed by atoms with E-state index in [4.69, 9.17) is 0 Å². The van der Waals surface area contributed by atoms with Crippen molar-refractivity contribution in [3.05, 3.63) is 65.2 Å². The zero-order chi connectivity index (χ0) is 16.6. The fourth-order valence-electron chi connectivity index (χ4n) is 3.62. The minimum absolute atomic E-state index is 0.269. The molecule has 0 saturated carbocycles. The number of benzene rings is 2. The van der Waals surface area contributed by atoms with E-state index in [1.54, 1.807) is 11.8 Å². The molecule has 1 aliphatic rings. The van der Waals surface area contributed by atoms with Crippen LogP contribution in [0.25, 0.3) is 0 Å². The van der Waals surface area contributed by atoms with Crippen LogP contribution in [-0.2, 0) is 9.59 Å². The van der Waals surface area contributed by atoms with Gasteiger partial charge >= 0.3 is 5.97 Å². The van der Waals surface area contributed by atoms with Crippen LogP contribution in [0.15, 0.2) is 48.5 Å². The first kappa shape index (κ1) is 15.3. The van der Waals surface area contributed by atoms with Gasteiger partial charge in [0.2, 0.25) is 6.41 Å². The highest BCUT2D eigenvalue weighted by atomic mass is 16.4. The number of carboxylic acid groups (broad SMARTS) is 1. The predicted octanol–water partition coefficient (Wildman–Crippen LogP) is 3.52. The van der Waals surface area contributed by atoms with E-state index >= 15 is 0 Å². The third-order valence-electron chi connectivity index (χ3n) is 4.71. The topological polar surface area (TPSA) is 57.6 Å². The Balaban J connectivity index is 2.22. The van der Waals surface area contributed by atoms with Crippen molar-refractivity contribution in [3.8, 4) is 0 Å². The number of nitrogens with zero attached hydrogens (tertiary/aromatic N) is 1. The van der Waals surface area contributed by atoms with E-state index in [-0.39, 0.29) is 12.0 Å². The Hall–Kier alpha value is -2.62. The van der Waals surface area contributed by atoms with Gasteiger partial charge in [0.15, 0.2) is 0 Å². The van der Waals surface area contributed by atoms with E-state index in [1.807, 2.05) is 55.5 Å². The van der Waals surface area contributed by atoms with Gasteiger partial charge < -0.3 is 10.0 Å². The maximum atomic E-state index is 11.8. The normalized spacial score (nSPS) is 20.9. The number of carbonyl (C=O) groups is 2. The van der Waals surface area contributed by atoms with Crippen molar-refractivity contribution in [2.45, 2.75) is 25.8 Å². The fraction of sp³-hybridized carbons (Fsp3) is 0.263. The Morgan fingerprint density at radius 1 is 1.17 bits per heavy atom. The van der Waals surface area contributed by atoms with Crippen LogP contribution in [0.1, 0.15) is 35.6 Å². The van der Waals surface area contributed by atoms with Crippen LogP contribution >= 0.6 is 0 Å². The second-order valence-electron chi connectivity index (χ2n) is 6.03. The van der Waals surface area contributed by atoms with Crippen LogP contribution < -0.4 is 4.90 Å². The number of fused-ring (bicyclic) bond motifs is 1. The van der Waals surface area contributed by atoms with Gasteiger partial charge in [-0.3, -0.25) is 9.59 Å². The first-order chi connectivity index (χ1) is 11.1. The average Bonchev–Trinajstić information content (AvgIpc) is 2.90. The number of hydrogen-bond donors (Lipinski definition) is 1. The lowest BCUT2D eigenvalue weighted by molar-refractivity contribution is -0.142. The van der Waals surface area contributed by atoms with Crippen molar-refractivity contribution in [2.24, 2.45) is 5.92 Å². The zero-order valence-corrected chi connectivity index (χ0v) is 13.1. The number of amides is 1. The Morgan fingerprint density at radius 2 is 1.87 bits per heavy atom. The van der Waals surface area contributed by atoms with Crippen molar-refractivity contribution in [1.29, 1.82) is 0 Å². The van der Waals surface area contributed by atoms with Gasteiger partial charge in [-0.15, -0.1) is 0 Å². The third kappa shape index (κ3) is 2.40. The van der Waals surface area contributed by atoms with E-state index in [2.05, 4.69) is 0 Å². The maximum absolute atomic E-state index is 11.8. The SMILES string of the molecule is Cc1cccc2c1N(C=O)C(c1ccccc1)C2C(C)C(=O)O. The second-order valence-corrected chi connectivity index (χ2v) is 6.03. The molecule has 0 spiro atoms. The van der Waals surface area contributed by atoms with Crippen LogP contribution in [0.5, 0.6) is 0 Å². The Labute approximate surface area is 135 Å². The Bertz CT molecular complexity index is 742. The number of para-hydroxylation sites is 1. The molecule has 3 unspecified atom stereocenters. The minimum Gasteiger partial charge on any atom is -0.481 e. The van der Waals surface area contributed by atoms with Crippen LogP contribution in [0.4, 0.5) is 5.69 Å². The van der Waals surface area contributed by atoms with Crippen LogP contribution in [-0.4, -0.2) is 17.5 Å². The fourth-order valence-corrected chi connectivity index (χ4v) is 3.62. The first-order valence-electron chi connectivity index (χ1n) is 7.67. The summed E-state index contributed by atoms with van der Waals surface area (Å²) in [7, 11) is 0. The summed E-state index contributed by atoms with van der Waals surface area (Å²) in [6.45, 7) is 3.66.